The summed E-state index contributed by atoms with van der Waals surface area (Å²) in [5.74, 6) is 1.15. The molecule has 0 bridgehead atoms. The Morgan fingerprint density at radius 2 is 1.88 bits per heavy atom. The van der Waals surface area contributed by atoms with E-state index in [9.17, 15) is 4.79 Å². The Bertz CT molecular complexity index is 932. The third-order valence-corrected chi connectivity index (χ3v) is 3.94. The number of carbonyl (C=O) groups excluding carboxylic acids is 1. The number of ether oxygens (including phenoxy) is 1. The van der Waals surface area contributed by atoms with Crippen molar-refractivity contribution in [1.82, 2.24) is 19.7 Å². The molecule has 0 spiro atoms. The highest BCUT2D eigenvalue weighted by Gasteiger charge is 2.09. The number of hydrogen-bond acceptors (Lipinski definition) is 5. The summed E-state index contributed by atoms with van der Waals surface area (Å²) in [6, 6.07) is 7.65. The molecule has 1 amide bonds. The molecule has 0 saturated heterocycles. The van der Waals surface area contributed by atoms with Crippen molar-refractivity contribution in [2.75, 3.05) is 12.4 Å². The van der Waals surface area contributed by atoms with E-state index in [0.29, 0.717) is 11.6 Å². The van der Waals surface area contributed by atoms with Crippen LogP contribution in [0.4, 0.5) is 5.69 Å². The van der Waals surface area contributed by atoms with E-state index in [1.54, 1.807) is 24.2 Å². The molecular formula is C19H21N5O2. The highest BCUT2D eigenvalue weighted by atomic mass is 16.5. The molecule has 0 atom stereocenters. The van der Waals surface area contributed by atoms with Gasteiger partial charge in [0.25, 0.3) is 5.95 Å². The monoisotopic (exact) mass is 351 g/mol. The van der Waals surface area contributed by atoms with Gasteiger partial charge in [0.2, 0.25) is 5.91 Å². The molecule has 0 fully saturated rings. The Morgan fingerprint density at radius 1 is 1.15 bits per heavy atom. The average Bonchev–Trinajstić information content (AvgIpc) is 2.94. The molecule has 26 heavy (non-hydrogen) atoms. The molecule has 0 aliphatic heterocycles. The minimum Gasteiger partial charge on any atom is -0.496 e. The molecule has 0 unspecified atom stereocenters. The molecule has 134 valence electrons. The zero-order chi connectivity index (χ0) is 18.7. The van der Waals surface area contributed by atoms with E-state index < -0.39 is 0 Å². The summed E-state index contributed by atoms with van der Waals surface area (Å²) >= 11 is 0. The lowest BCUT2D eigenvalue weighted by molar-refractivity contribution is -0.115. The molecular weight excluding hydrogens is 330 g/mol. The summed E-state index contributed by atoms with van der Waals surface area (Å²) in [7, 11) is 1.63. The fourth-order valence-corrected chi connectivity index (χ4v) is 2.77. The molecule has 0 saturated carbocycles. The fourth-order valence-electron chi connectivity index (χ4n) is 2.77. The van der Waals surface area contributed by atoms with Crippen LogP contribution in [-0.2, 0) is 11.2 Å². The van der Waals surface area contributed by atoms with Crippen molar-refractivity contribution in [2.24, 2.45) is 0 Å². The summed E-state index contributed by atoms with van der Waals surface area (Å²) < 4.78 is 6.90. The molecule has 0 aliphatic rings. The standard InChI is InChI=1S/C19H21N5O2/c1-12-7-15(5-6-17(12)26-4)9-18(25)22-16-10-20-19(21-11-16)24-14(3)8-13(2)23-24/h5-8,10-11H,9H2,1-4H3,(H,22,25). The third kappa shape index (κ3) is 3.88. The van der Waals surface area contributed by atoms with E-state index >= 15 is 0 Å². The first kappa shape index (κ1) is 17.6. The smallest absolute Gasteiger partial charge is 0.250 e. The van der Waals surface area contributed by atoms with Gasteiger partial charge in [-0.2, -0.15) is 5.10 Å². The normalized spacial score (nSPS) is 10.6. The van der Waals surface area contributed by atoms with Crippen LogP contribution in [0.15, 0.2) is 36.7 Å². The third-order valence-electron chi connectivity index (χ3n) is 3.94. The van der Waals surface area contributed by atoms with Crippen LogP contribution in [-0.4, -0.2) is 32.8 Å². The second kappa shape index (κ2) is 7.35. The lowest BCUT2D eigenvalue weighted by atomic mass is 10.1. The van der Waals surface area contributed by atoms with Gasteiger partial charge in [-0.25, -0.2) is 14.6 Å². The number of carbonyl (C=O) groups is 1. The molecule has 7 heteroatoms. The first-order valence-corrected chi connectivity index (χ1v) is 8.25. The van der Waals surface area contributed by atoms with Gasteiger partial charge in [-0.1, -0.05) is 12.1 Å². The maximum absolute atomic E-state index is 12.2. The largest absolute Gasteiger partial charge is 0.496 e. The van der Waals surface area contributed by atoms with Crippen LogP contribution in [0.2, 0.25) is 0 Å². The van der Waals surface area contributed by atoms with Crippen LogP contribution in [0.3, 0.4) is 0 Å². The number of hydrogen-bond donors (Lipinski definition) is 1. The zero-order valence-electron chi connectivity index (χ0n) is 15.3. The topological polar surface area (TPSA) is 81.9 Å². The van der Waals surface area contributed by atoms with Crippen molar-refractivity contribution in [3.63, 3.8) is 0 Å². The molecule has 7 nitrogen and oxygen atoms in total. The van der Waals surface area contributed by atoms with Gasteiger partial charge in [-0.3, -0.25) is 4.79 Å². The van der Waals surface area contributed by atoms with Crippen LogP contribution in [0.5, 0.6) is 5.75 Å². The van der Waals surface area contributed by atoms with Crippen molar-refractivity contribution in [2.45, 2.75) is 27.2 Å². The van der Waals surface area contributed by atoms with Crippen LogP contribution in [0.1, 0.15) is 22.5 Å². The van der Waals surface area contributed by atoms with Crippen LogP contribution in [0, 0.1) is 20.8 Å². The van der Waals surface area contributed by atoms with Crippen molar-refractivity contribution >= 4 is 11.6 Å². The van der Waals surface area contributed by atoms with E-state index in [4.69, 9.17) is 4.74 Å². The summed E-state index contributed by atoms with van der Waals surface area (Å²) in [4.78, 5) is 20.8. The predicted molar refractivity (Wildman–Crippen MR) is 98.7 cm³/mol. The quantitative estimate of drug-likeness (QED) is 0.764. The number of aryl methyl sites for hydroxylation is 3. The van der Waals surface area contributed by atoms with Crippen molar-refractivity contribution in [3.8, 4) is 11.7 Å². The molecule has 0 radical (unpaired) electrons. The summed E-state index contributed by atoms with van der Waals surface area (Å²) in [6.07, 6.45) is 3.43. The second-order valence-corrected chi connectivity index (χ2v) is 6.14. The predicted octanol–water partition coefficient (Wildman–Crippen LogP) is 2.78. The first-order chi connectivity index (χ1) is 12.5. The van der Waals surface area contributed by atoms with E-state index in [0.717, 1.165) is 28.3 Å². The number of nitrogens with one attached hydrogen (secondary N) is 1. The Kier molecular flexibility index (Phi) is 4.97. The number of amides is 1. The van der Waals surface area contributed by atoms with Gasteiger partial charge in [-0.05, 0) is 44.0 Å². The van der Waals surface area contributed by atoms with E-state index in [1.807, 2.05) is 45.0 Å². The number of nitrogens with zero attached hydrogens (tertiary/aromatic N) is 4. The van der Waals surface area contributed by atoms with Crippen LogP contribution < -0.4 is 10.1 Å². The van der Waals surface area contributed by atoms with Gasteiger partial charge < -0.3 is 10.1 Å². The van der Waals surface area contributed by atoms with E-state index in [-0.39, 0.29) is 12.3 Å². The number of methoxy groups -OCH3 is 1. The highest BCUT2D eigenvalue weighted by Crippen LogP contribution is 2.19. The van der Waals surface area contributed by atoms with Gasteiger partial charge >= 0.3 is 0 Å². The summed E-state index contributed by atoms with van der Waals surface area (Å²) in [6.45, 7) is 5.81. The molecule has 3 rings (SSSR count). The van der Waals surface area contributed by atoms with Gasteiger partial charge in [0.1, 0.15) is 5.75 Å². The molecule has 2 heterocycles. The van der Waals surface area contributed by atoms with Crippen LogP contribution in [0.25, 0.3) is 5.95 Å². The fraction of sp³-hybridized carbons (Fsp3) is 0.263. The lowest BCUT2D eigenvalue weighted by Crippen LogP contribution is -2.15. The van der Waals surface area contributed by atoms with Crippen molar-refractivity contribution in [1.29, 1.82) is 0 Å². The Morgan fingerprint density at radius 3 is 2.46 bits per heavy atom. The number of anilines is 1. The Hall–Kier alpha value is -3.22. The SMILES string of the molecule is COc1ccc(CC(=O)Nc2cnc(-n3nc(C)cc3C)nc2)cc1C. The van der Waals surface area contributed by atoms with Gasteiger partial charge in [-0.15, -0.1) is 0 Å². The number of rotatable bonds is 5. The molecule has 0 aliphatic carbocycles. The highest BCUT2D eigenvalue weighted by molar-refractivity contribution is 5.92. The maximum atomic E-state index is 12.2. The van der Waals surface area contributed by atoms with E-state index in [2.05, 4.69) is 20.4 Å². The van der Waals surface area contributed by atoms with Gasteiger partial charge in [0, 0.05) is 5.69 Å². The Labute approximate surface area is 152 Å². The van der Waals surface area contributed by atoms with Gasteiger partial charge in [0.05, 0.1) is 37.3 Å². The molecule has 3 aromatic rings. The van der Waals surface area contributed by atoms with Crippen LogP contribution >= 0.6 is 0 Å². The van der Waals surface area contributed by atoms with Crippen molar-refractivity contribution < 1.29 is 9.53 Å². The number of benzene rings is 1. The summed E-state index contributed by atoms with van der Waals surface area (Å²) in [5, 5.41) is 7.16. The summed E-state index contributed by atoms with van der Waals surface area (Å²) in [5.41, 5.74) is 4.31. The van der Waals surface area contributed by atoms with E-state index in [1.165, 1.54) is 0 Å². The maximum Gasteiger partial charge on any atom is 0.250 e. The minimum atomic E-state index is -0.128. The van der Waals surface area contributed by atoms with Gasteiger partial charge in [0.15, 0.2) is 0 Å². The van der Waals surface area contributed by atoms with Crippen molar-refractivity contribution in [3.05, 3.63) is 59.2 Å². The molecule has 2 aromatic heterocycles. The zero-order valence-corrected chi connectivity index (χ0v) is 15.3. The lowest BCUT2D eigenvalue weighted by Gasteiger charge is -2.08. The Balaban J connectivity index is 1.66. The number of aromatic nitrogens is 4. The molecule has 1 aromatic carbocycles. The average molecular weight is 351 g/mol. The molecule has 1 N–H and O–H groups in total. The first-order valence-electron chi connectivity index (χ1n) is 8.25. The second-order valence-electron chi connectivity index (χ2n) is 6.14. The minimum absolute atomic E-state index is 0.128.